The van der Waals surface area contributed by atoms with Crippen molar-refractivity contribution >= 4 is 10.9 Å². The van der Waals surface area contributed by atoms with Gasteiger partial charge in [0.25, 0.3) is 0 Å². The van der Waals surface area contributed by atoms with E-state index in [0.29, 0.717) is 0 Å². The van der Waals surface area contributed by atoms with Crippen molar-refractivity contribution < 1.29 is 5.11 Å². The molecule has 0 radical (unpaired) electrons. The number of hydrogen-bond acceptors (Lipinski definition) is 2. The summed E-state index contributed by atoms with van der Waals surface area (Å²) < 4.78 is 0. The Balaban J connectivity index is 2.17. The molecule has 3 rings (SSSR count). The van der Waals surface area contributed by atoms with Gasteiger partial charge in [-0.1, -0.05) is 24.3 Å². The highest BCUT2D eigenvalue weighted by atomic mass is 16.3. The van der Waals surface area contributed by atoms with Crippen LogP contribution in [0.3, 0.4) is 0 Å². The monoisotopic (exact) mass is 238 g/mol. The van der Waals surface area contributed by atoms with Crippen molar-refractivity contribution in [1.82, 2.24) is 9.97 Å². The van der Waals surface area contributed by atoms with Crippen LogP contribution < -0.4 is 0 Å². The number of pyridine rings is 1. The van der Waals surface area contributed by atoms with Gasteiger partial charge in [-0.2, -0.15) is 0 Å². The molecule has 90 valence electrons. The fourth-order valence-electron chi connectivity index (χ4n) is 2.36. The van der Waals surface area contributed by atoms with E-state index in [1.54, 1.807) is 12.4 Å². The van der Waals surface area contributed by atoms with Crippen molar-refractivity contribution in [3.05, 3.63) is 65.6 Å². The second-order valence-corrected chi connectivity index (χ2v) is 4.40. The lowest BCUT2D eigenvalue weighted by atomic mass is 10.0. The summed E-state index contributed by atoms with van der Waals surface area (Å²) in [5, 5.41) is 11.6. The van der Waals surface area contributed by atoms with Gasteiger partial charge in [-0.05, 0) is 19.1 Å². The molecule has 0 aliphatic carbocycles. The van der Waals surface area contributed by atoms with E-state index in [4.69, 9.17) is 0 Å². The van der Waals surface area contributed by atoms with Gasteiger partial charge in [0.2, 0.25) is 0 Å². The number of nitrogens with one attached hydrogen (secondary N) is 1. The zero-order valence-corrected chi connectivity index (χ0v) is 10.1. The lowest BCUT2D eigenvalue weighted by Crippen LogP contribution is -2.01. The molecule has 18 heavy (non-hydrogen) atoms. The van der Waals surface area contributed by atoms with Gasteiger partial charge in [0.15, 0.2) is 0 Å². The van der Waals surface area contributed by atoms with Crippen molar-refractivity contribution in [3.8, 4) is 0 Å². The highest BCUT2D eigenvalue weighted by Gasteiger charge is 2.17. The van der Waals surface area contributed by atoms with E-state index in [2.05, 4.69) is 9.97 Å². The number of aliphatic hydroxyl groups excluding tert-OH is 1. The van der Waals surface area contributed by atoms with Crippen molar-refractivity contribution in [2.75, 3.05) is 0 Å². The quantitative estimate of drug-likeness (QED) is 0.721. The SMILES string of the molecule is Cc1[nH]c2ccccc2c1[C@H](O)c1cccnc1. The molecule has 0 saturated heterocycles. The highest BCUT2D eigenvalue weighted by Crippen LogP contribution is 2.31. The molecule has 2 N–H and O–H groups in total. The number of benzene rings is 1. The summed E-state index contributed by atoms with van der Waals surface area (Å²) in [6, 6.07) is 11.7. The van der Waals surface area contributed by atoms with Crippen LogP contribution in [0.25, 0.3) is 10.9 Å². The average Bonchev–Trinajstić information content (AvgIpc) is 2.75. The smallest absolute Gasteiger partial charge is 0.108 e. The first-order valence-corrected chi connectivity index (χ1v) is 5.92. The number of H-pyrrole nitrogens is 1. The highest BCUT2D eigenvalue weighted by molar-refractivity contribution is 5.85. The number of nitrogens with zero attached hydrogens (tertiary/aromatic N) is 1. The maximum Gasteiger partial charge on any atom is 0.108 e. The Morgan fingerprint density at radius 3 is 2.78 bits per heavy atom. The molecule has 3 aromatic rings. The van der Waals surface area contributed by atoms with Gasteiger partial charge in [-0.25, -0.2) is 0 Å². The summed E-state index contributed by atoms with van der Waals surface area (Å²) in [7, 11) is 0. The van der Waals surface area contributed by atoms with Crippen LogP contribution in [0, 0.1) is 6.92 Å². The minimum absolute atomic E-state index is 0.644. The minimum Gasteiger partial charge on any atom is -0.384 e. The summed E-state index contributed by atoms with van der Waals surface area (Å²) >= 11 is 0. The summed E-state index contributed by atoms with van der Waals surface area (Å²) in [6.45, 7) is 1.98. The van der Waals surface area contributed by atoms with Crippen LogP contribution in [0.15, 0.2) is 48.8 Å². The predicted octanol–water partition coefficient (Wildman–Crippen LogP) is 2.95. The maximum absolute atomic E-state index is 10.5. The van der Waals surface area contributed by atoms with Crippen LogP contribution in [-0.4, -0.2) is 15.1 Å². The number of aromatic nitrogens is 2. The Bertz CT molecular complexity index is 673. The molecule has 0 amide bonds. The first-order chi connectivity index (χ1) is 8.77. The summed E-state index contributed by atoms with van der Waals surface area (Å²) in [4.78, 5) is 7.35. The Morgan fingerprint density at radius 2 is 2.00 bits per heavy atom. The molecule has 0 aliphatic rings. The Kier molecular flexibility index (Phi) is 2.61. The molecule has 0 aliphatic heterocycles. The van der Waals surface area contributed by atoms with Crippen LogP contribution in [0.2, 0.25) is 0 Å². The number of hydrogen-bond donors (Lipinski definition) is 2. The summed E-state index contributed by atoms with van der Waals surface area (Å²) in [5.74, 6) is 0. The number of aryl methyl sites for hydroxylation is 1. The minimum atomic E-state index is -0.644. The van der Waals surface area contributed by atoms with E-state index in [1.165, 1.54) is 0 Å². The van der Waals surface area contributed by atoms with Gasteiger partial charge in [-0.15, -0.1) is 0 Å². The van der Waals surface area contributed by atoms with E-state index in [9.17, 15) is 5.11 Å². The van der Waals surface area contributed by atoms with E-state index >= 15 is 0 Å². The van der Waals surface area contributed by atoms with Crippen molar-refractivity contribution in [3.63, 3.8) is 0 Å². The van der Waals surface area contributed by atoms with Crippen molar-refractivity contribution in [1.29, 1.82) is 0 Å². The number of rotatable bonds is 2. The molecular weight excluding hydrogens is 224 g/mol. The standard InChI is InChI=1S/C15H14N2O/c1-10-14(12-6-2-3-7-13(12)17-10)15(18)11-5-4-8-16-9-11/h2-9,15,17-18H,1H3/t15-/m1/s1. The van der Waals surface area contributed by atoms with Crippen LogP contribution in [0.5, 0.6) is 0 Å². The number of para-hydroxylation sites is 1. The maximum atomic E-state index is 10.5. The molecule has 0 fully saturated rings. The first-order valence-electron chi connectivity index (χ1n) is 5.92. The molecule has 0 unspecified atom stereocenters. The predicted molar refractivity (Wildman–Crippen MR) is 71.3 cm³/mol. The van der Waals surface area contributed by atoms with Gasteiger partial charge in [0, 0.05) is 40.1 Å². The molecule has 2 heterocycles. The molecule has 3 nitrogen and oxygen atoms in total. The van der Waals surface area contributed by atoms with Crippen LogP contribution in [-0.2, 0) is 0 Å². The largest absolute Gasteiger partial charge is 0.384 e. The van der Waals surface area contributed by atoms with Gasteiger partial charge in [0.05, 0.1) is 0 Å². The lowest BCUT2D eigenvalue weighted by Gasteiger charge is -2.11. The fourth-order valence-corrected chi connectivity index (χ4v) is 2.36. The van der Waals surface area contributed by atoms with Crippen molar-refractivity contribution in [2.45, 2.75) is 13.0 Å². The molecule has 0 spiro atoms. The van der Waals surface area contributed by atoms with E-state index < -0.39 is 6.10 Å². The molecule has 1 atom stereocenters. The number of fused-ring (bicyclic) bond motifs is 1. The molecule has 0 bridgehead atoms. The third-order valence-electron chi connectivity index (χ3n) is 3.22. The van der Waals surface area contributed by atoms with Gasteiger partial charge in [0.1, 0.15) is 6.10 Å². The average molecular weight is 238 g/mol. The van der Waals surface area contributed by atoms with Crippen LogP contribution in [0.4, 0.5) is 0 Å². The van der Waals surface area contributed by atoms with E-state index in [0.717, 1.165) is 27.7 Å². The number of aliphatic hydroxyl groups is 1. The number of aromatic amines is 1. The first kappa shape index (κ1) is 11.0. The van der Waals surface area contributed by atoms with Crippen LogP contribution in [0.1, 0.15) is 22.9 Å². The molecule has 2 aromatic heterocycles. The zero-order valence-electron chi connectivity index (χ0n) is 10.1. The van der Waals surface area contributed by atoms with Gasteiger partial charge < -0.3 is 10.1 Å². The third-order valence-corrected chi connectivity index (χ3v) is 3.22. The molecule has 0 saturated carbocycles. The molecule has 3 heteroatoms. The van der Waals surface area contributed by atoms with Crippen molar-refractivity contribution in [2.24, 2.45) is 0 Å². The van der Waals surface area contributed by atoms with Gasteiger partial charge in [-0.3, -0.25) is 4.98 Å². The van der Waals surface area contributed by atoms with Crippen LogP contribution >= 0.6 is 0 Å². The molecular formula is C15H14N2O. The Labute approximate surface area is 105 Å². The molecule has 1 aromatic carbocycles. The Hall–Kier alpha value is -2.13. The normalized spacial score (nSPS) is 12.8. The third kappa shape index (κ3) is 1.69. The lowest BCUT2D eigenvalue weighted by molar-refractivity contribution is 0.220. The topological polar surface area (TPSA) is 48.9 Å². The zero-order chi connectivity index (χ0) is 12.5. The Morgan fingerprint density at radius 1 is 1.17 bits per heavy atom. The second kappa shape index (κ2) is 4.27. The summed E-state index contributed by atoms with van der Waals surface area (Å²) in [5.41, 5.74) is 3.78. The second-order valence-electron chi connectivity index (χ2n) is 4.40. The summed E-state index contributed by atoms with van der Waals surface area (Å²) in [6.07, 6.45) is 2.76. The fraction of sp³-hybridized carbons (Fsp3) is 0.133. The van der Waals surface area contributed by atoms with Gasteiger partial charge >= 0.3 is 0 Å². The van der Waals surface area contributed by atoms with E-state index in [1.807, 2.05) is 43.3 Å². The van der Waals surface area contributed by atoms with E-state index in [-0.39, 0.29) is 0 Å².